The molecule has 0 saturated carbocycles. The minimum absolute atomic E-state index is 0.650. The Hall–Kier alpha value is 1.43. The van der Waals surface area contributed by atoms with E-state index in [1.165, 1.54) is 0 Å². The van der Waals surface area contributed by atoms with E-state index in [4.69, 9.17) is 0 Å². The first-order chi connectivity index (χ1) is 3.91. The van der Waals surface area contributed by atoms with Crippen LogP contribution in [-0.2, 0) is 10.1 Å². The number of hydrogen-bond acceptors (Lipinski definition) is 0. The molecule has 0 aromatic heterocycles. The zero-order chi connectivity index (χ0) is 6.24. The van der Waals surface area contributed by atoms with Crippen molar-refractivity contribution in [2.24, 2.45) is 0 Å². The summed E-state index contributed by atoms with van der Waals surface area (Å²) >= 11 is 4.73. The maximum absolute atomic E-state index is 2.37. The summed E-state index contributed by atoms with van der Waals surface area (Å²) in [6, 6.07) is 10.0. The molecule has 0 unspecified atom stereocenters. The van der Waals surface area contributed by atoms with Crippen molar-refractivity contribution in [1.82, 2.24) is 0 Å². The van der Waals surface area contributed by atoms with E-state index in [1.807, 2.05) is 30.3 Å². The third-order valence-corrected chi connectivity index (χ3v) is 0.556. The van der Waals surface area contributed by atoms with Gasteiger partial charge < -0.3 is 0 Å². The van der Waals surface area contributed by atoms with Gasteiger partial charge in [0.25, 0.3) is 0 Å². The second-order valence-electron chi connectivity index (χ2n) is 1.01. The Morgan fingerprint density at radius 1 is 1.12 bits per heavy atom. The first-order valence-electron chi connectivity index (χ1n) is 1.93. The number of rotatable bonds is 0. The Morgan fingerprint density at radius 2 is 1.50 bits per heavy atom. The molecular formula is C5H5I2Ru-. The van der Waals surface area contributed by atoms with Gasteiger partial charge in [-0.25, -0.2) is 12.1 Å². The molecular weight excluding hydrogens is 415 g/mol. The average molecular weight is 420 g/mol. The summed E-state index contributed by atoms with van der Waals surface area (Å²) < 4.78 is 0. The van der Waals surface area contributed by atoms with Gasteiger partial charge in [-0.05, 0) is 0 Å². The van der Waals surface area contributed by atoms with Gasteiger partial charge in [0.05, 0.1) is 0 Å². The van der Waals surface area contributed by atoms with Crippen molar-refractivity contribution in [2.75, 3.05) is 0 Å². The quantitative estimate of drug-likeness (QED) is 0.344. The topological polar surface area (TPSA) is 0 Å². The van der Waals surface area contributed by atoms with Gasteiger partial charge in [0.1, 0.15) is 0 Å². The molecule has 1 rings (SSSR count). The van der Waals surface area contributed by atoms with Crippen LogP contribution < -0.4 is 0 Å². The van der Waals surface area contributed by atoms with Crippen LogP contribution in [0.25, 0.3) is 0 Å². The summed E-state index contributed by atoms with van der Waals surface area (Å²) in [6.45, 7) is 0. The van der Waals surface area contributed by atoms with Gasteiger partial charge in [-0.3, -0.25) is 0 Å². The normalized spacial score (nSPS) is 7.75. The summed E-state index contributed by atoms with van der Waals surface area (Å²) in [6.07, 6.45) is 0. The summed E-state index contributed by atoms with van der Waals surface area (Å²) in [5.74, 6) is 0. The van der Waals surface area contributed by atoms with Crippen LogP contribution in [0.15, 0.2) is 30.3 Å². The second-order valence-corrected chi connectivity index (χ2v) is 14.4. The molecule has 0 saturated heterocycles. The third kappa shape index (κ3) is 7.43. The zero-order valence-electron chi connectivity index (χ0n) is 4.00. The van der Waals surface area contributed by atoms with Crippen molar-refractivity contribution in [3.8, 4) is 0 Å². The van der Waals surface area contributed by atoms with Crippen molar-refractivity contribution >= 4 is 39.5 Å². The predicted molar refractivity (Wildman–Crippen MR) is 50.1 cm³/mol. The van der Waals surface area contributed by atoms with E-state index in [0.717, 1.165) is 0 Å². The largest absolute Gasteiger partial charge is 0.214 e. The van der Waals surface area contributed by atoms with Crippen LogP contribution in [0.2, 0.25) is 0 Å². The Morgan fingerprint density at radius 3 is 1.62 bits per heavy atom. The summed E-state index contributed by atoms with van der Waals surface area (Å²) in [5.41, 5.74) is 0. The van der Waals surface area contributed by atoms with Crippen molar-refractivity contribution in [2.45, 2.75) is 0 Å². The molecule has 1 aromatic carbocycles. The molecule has 0 heterocycles. The van der Waals surface area contributed by atoms with Crippen LogP contribution in [0.4, 0.5) is 0 Å². The maximum atomic E-state index is 2.37. The fourth-order valence-electron chi connectivity index (χ4n) is 0.321. The maximum Gasteiger partial charge on any atom is -0.172 e. The molecule has 0 spiro atoms. The van der Waals surface area contributed by atoms with E-state index < -0.39 is 0 Å². The molecule has 0 N–H and O–H groups in total. The van der Waals surface area contributed by atoms with E-state index >= 15 is 0 Å². The van der Waals surface area contributed by atoms with Crippen LogP contribution in [0.5, 0.6) is 0 Å². The standard InChI is InChI=1S/C5H5.2HI.Ru/c1-2-4-5-3-1;;;/h1-5H;2*1H;/q-1;;;+2/p-2. The van der Waals surface area contributed by atoms with E-state index in [9.17, 15) is 0 Å². The monoisotopic (exact) mass is 421 g/mol. The summed E-state index contributed by atoms with van der Waals surface area (Å²) in [5, 5.41) is 0. The third-order valence-electron chi connectivity index (χ3n) is 0.556. The number of halogens is 2. The average Bonchev–Trinajstić information content (AvgIpc) is 2.17. The molecule has 0 nitrogen and oxygen atoms in total. The molecule has 0 aliphatic heterocycles. The van der Waals surface area contributed by atoms with E-state index in [2.05, 4.69) is 39.5 Å². The van der Waals surface area contributed by atoms with Crippen LogP contribution in [-0.4, -0.2) is 0 Å². The SMILES string of the molecule is [I][Ru][I].c1cc[cH-]c1. The fraction of sp³-hybridized carbons (Fsp3) is 0. The van der Waals surface area contributed by atoms with Crippen molar-refractivity contribution in [3.05, 3.63) is 30.3 Å². The predicted octanol–water partition coefficient (Wildman–Crippen LogP) is 3.17. The molecule has 8 heavy (non-hydrogen) atoms. The van der Waals surface area contributed by atoms with Gasteiger partial charge in [0.15, 0.2) is 0 Å². The molecule has 0 aliphatic carbocycles. The van der Waals surface area contributed by atoms with Gasteiger partial charge in [-0.1, -0.05) is 0 Å². The second kappa shape index (κ2) is 8.43. The molecule has 0 bridgehead atoms. The Kier molecular flexibility index (Phi) is 9.94. The van der Waals surface area contributed by atoms with Gasteiger partial charge in [-0.15, -0.1) is 0 Å². The first kappa shape index (κ1) is 9.43. The molecule has 0 radical (unpaired) electrons. The van der Waals surface area contributed by atoms with E-state index in [0.29, 0.717) is 10.1 Å². The van der Waals surface area contributed by atoms with Gasteiger partial charge in [-0.2, -0.15) is 18.2 Å². The van der Waals surface area contributed by atoms with Crippen molar-refractivity contribution in [3.63, 3.8) is 0 Å². The van der Waals surface area contributed by atoms with Crippen LogP contribution in [0, 0.1) is 0 Å². The number of hydrogen-bond donors (Lipinski definition) is 0. The molecule has 0 fully saturated rings. The van der Waals surface area contributed by atoms with Crippen LogP contribution in [0.1, 0.15) is 0 Å². The summed E-state index contributed by atoms with van der Waals surface area (Å²) in [4.78, 5) is 0. The minimum Gasteiger partial charge on any atom is -0.214 e. The minimum atomic E-state index is 0.650. The van der Waals surface area contributed by atoms with Crippen molar-refractivity contribution < 1.29 is 10.1 Å². The van der Waals surface area contributed by atoms with Crippen LogP contribution in [0.3, 0.4) is 0 Å². The Labute approximate surface area is 78.8 Å². The van der Waals surface area contributed by atoms with Crippen LogP contribution >= 0.6 is 39.5 Å². The van der Waals surface area contributed by atoms with Gasteiger partial charge in [0.2, 0.25) is 0 Å². The van der Waals surface area contributed by atoms with E-state index in [1.54, 1.807) is 0 Å². The molecule has 0 atom stereocenters. The molecule has 0 amide bonds. The van der Waals surface area contributed by atoms with Gasteiger partial charge >= 0.3 is 49.6 Å². The summed E-state index contributed by atoms with van der Waals surface area (Å²) in [7, 11) is 0.650. The van der Waals surface area contributed by atoms with Crippen molar-refractivity contribution in [1.29, 1.82) is 0 Å². The molecule has 3 heteroatoms. The fourth-order valence-corrected chi connectivity index (χ4v) is 0.321. The molecule has 1 aromatic rings. The zero-order valence-corrected chi connectivity index (χ0v) is 10.0. The smallest absolute Gasteiger partial charge is 0.172 e. The first-order valence-corrected chi connectivity index (χ1v) is 12.3. The van der Waals surface area contributed by atoms with Gasteiger partial charge in [0, 0.05) is 0 Å². The Bertz CT molecular complexity index is 77.3. The Balaban J connectivity index is 0.000000145. The molecule has 0 aliphatic rings. The van der Waals surface area contributed by atoms with E-state index in [-0.39, 0.29) is 0 Å². The molecule has 48 valence electrons.